The molecule has 0 aliphatic heterocycles. The van der Waals surface area contributed by atoms with E-state index in [0.717, 1.165) is 10.1 Å². The molecule has 2 heterocycles. The number of nitrogens with zero attached hydrogens (tertiary/aromatic N) is 2. The lowest BCUT2D eigenvalue weighted by Crippen LogP contribution is -2.45. The van der Waals surface area contributed by atoms with Crippen LogP contribution in [0.5, 0.6) is 0 Å². The van der Waals surface area contributed by atoms with Gasteiger partial charge in [-0.15, -0.1) is 11.3 Å². The zero-order chi connectivity index (χ0) is 21.9. The molecule has 2 aromatic heterocycles. The molecule has 3 rings (SSSR count). The summed E-state index contributed by atoms with van der Waals surface area (Å²) in [7, 11) is 0. The number of nitrogens with one attached hydrogen (secondary N) is 1. The second-order valence-corrected chi connectivity index (χ2v) is 9.07. The summed E-state index contributed by atoms with van der Waals surface area (Å²) in [4.78, 5) is 50.7. The number of Topliss-reactive ketones (excluding diaryl/α,β-unsaturated/α-hetero) is 1. The van der Waals surface area contributed by atoms with Gasteiger partial charge < -0.3 is 5.32 Å². The number of hydrogen-bond acceptors (Lipinski definition) is 5. The SMILES string of the molecule is CC(C)(C)C(=O)Cn1c(=O)n(CC(=O)NCCc2ccccc2)c(=O)c2sccc21. The van der Waals surface area contributed by atoms with Crippen LogP contribution in [-0.2, 0) is 29.1 Å². The molecule has 0 aliphatic rings. The van der Waals surface area contributed by atoms with E-state index in [1.165, 1.54) is 15.9 Å². The molecule has 30 heavy (non-hydrogen) atoms. The zero-order valence-corrected chi connectivity index (χ0v) is 18.1. The molecular formula is C22H25N3O4S. The Labute approximate surface area is 178 Å². The topological polar surface area (TPSA) is 90.2 Å². The van der Waals surface area contributed by atoms with Gasteiger partial charge in [-0.1, -0.05) is 51.1 Å². The van der Waals surface area contributed by atoms with E-state index in [1.54, 1.807) is 32.2 Å². The summed E-state index contributed by atoms with van der Waals surface area (Å²) in [5, 5.41) is 4.45. The third kappa shape index (κ3) is 4.76. The van der Waals surface area contributed by atoms with Crippen molar-refractivity contribution in [3.05, 3.63) is 68.2 Å². The van der Waals surface area contributed by atoms with E-state index in [1.807, 2.05) is 30.3 Å². The summed E-state index contributed by atoms with van der Waals surface area (Å²) in [5.74, 6) is -0.552. The highest BCUT2D eigenvalue weighted by atomic mass is 32.1. The van der Waals surface area contributed by atoms with E-state index in [2.05, 4.69) is 5.32 Å². The molecule has 0 spiro atoms. The summed E-state index contributed by atoms with van der Waals surface area (Å²) < 4.78 is 2.55. The average Bonchev–Trinajstić information content (AvgIpc) is 3.18. The lowest BCUT2D eigenvalue weighted by molar-refractivity contribution is -0.126. The number of fused-ring (bicyclic) bond motifs is 1. The minimum Gasteiger partial charge on any atom is -0.354 e. The Morgan fingerprint density at radius 2 is 1.70 bits per heavy atom. The maximum atomic E-state index is 13.0. The number of carbonyl (C=O) groups excluding carboxylic acids is 2. The highest BCUT2D eigenvalue weighted by Gasteiger charge is 2.24. The lowest BCUT2D eigenvalue weighted by atomic mass is 9.91. The molecule has 0 saturated carbocycles. The monoisotopic (exact) mass is 427 g/mol. The molecule has 1 aromatic carbocycles. The summed E-state index contributed by atoms with van der Waals surface area (Å²) in [6, 6.07) is 11.4. The van der Waals surface area contributed by atoms with Gasteiger partial charge in [0.05, 0.1) is 12.1 Å². The van der Waals surface area contributed by atoms with E-state index < -0.39 is 22.6 Å². The van der Waals surface area contributed by atoms with Crippen LogP contribution in [0.25, 0.3) is 10.2 Å². The molecule has 0 atom stereocenters. The zero-order valence-electron chi connectivity index (χ0n) is 17.3. The van der Waals surface area contributed by atoms with Gasteiger partial charge in [0.25, 0.3) is 5.56 Å². The van der Waals surface area contributed by atoms with Crippen LogP contribution in [0.4, 0.5) is 0 Å². The van der Waals surface area contributed by atoms with Crippen molar-refractivity contribution in [1.29, 1.82) is 0 Å². The number of rotatable bonds is 7. The van der Waals surface area contributed by atoms with Crippen LogP contribution >= 0.6 is 11.3 Å². The van der Waals surface area contributed by atoms with Crippen LogP contribution in [0.1, 0.15) is 26.3 Å². The van der Waals surface area contributed by atoms with Crippen LogP contribution in [0.2, 0.25) is 0 Å². The summed E-state index contributed by atoms with van der Waals surface area (Å²) in [5.41, 5.74) is -0.284. The lowest BCUT2D eigenvalue weighted by Gasteiger charge is -2.18. The molecule has 0 bridgehead atoms. The Kier molecular flexibility index (Phi) is 6.36. The van der Waals surface area contributed by atoms with Crippen molar-refractivity contribution in [3.8, 4) is 0 Å². The second kappa shape index (κ2) is 8.79. The van der Waals surface area contributed by atoms with E-state index in [0.29, 0.717) is 23.2 Å². The number of hydrogen-bond donors (Lipinski definition) is 1. The molecule has 7 nitrogen and oxygen atoms in total. The first-order valence-corrected chi connectivity index (χ1v) is 10.6. The van der Waals surface area contributed by atoms with Crippen molar-refractivity contribution in [2.45, 2.75) is 40.3 Å². The Bertz CT molecular complexity index is 1180. The first-order valence-electron chi connectivity index (χ1n) is 9.73. The van der Waals surface area contributed by atoms with Gasteiger partial charge in [-0.2, -0.15) is 0 Å². The molecule has 0 unspecified atom stereocenters. The highest BCUT2D eigenvalue weighted by molar-refractivity contribution is 7.17. The third-order valence-electron chi connectivity index (χ3n) is 4.86. The Hall–Kier alpha value is -3.00. The third-order valence-corrected chi connectivity index (χ3v) is 5.75. The highest BCUT2D eigenvalue weighted by Crippen LogP contribution is 2.19. The summed E-state index contributed by atoms with van der Waals surface area (Å²) >= 11 is 1.19. The van der Waals surface area contributed by atoms with Crippen molar-refractivity contribution < 1.29 is 9.59 Å². The summed E-state index contributed by atoms with van der Waals surface area (Å²) in [6.45, 7) is 5.20. The normalized spacial score (nSPS) is 11.6. The fourth-order valence-electron chi connectivity index (χ4n) is 3.00. The van der Waals surface area contributed by atoms with E-state index in [4.69, 9.17) is 0 Å². The first kappa shape index (κ1) is 21.7. The molecule has 1 N–H and O–H groups in total. The number of ketones is 1. The maximum absolute atomic E-state index is 13.0. The molecule has 1 amide bonds. The molecule has 0 radical (unpaired) electrons. The molecule has 0 aliphatic carbocycles. The predicted molar refractivity (Wildman–Crippen MR) is 118 cm³/mol. The maximum Gasteiger partial charge on any atom is 0.332 e. The molecule has 8 heteroatoms. The Morgan fingerprint density at radius 1 is 1.00 bits per heavy atom. The van der Waals surface area contributed by atoms with Crippen LogP contribution in [0.15, 0.2) is 51.4 Å². The van der Waals surface area contributed by atoms with Crippen molar-refractivity contribution in [2.75, 3.05) is 6.54 Å². The second-order valence-electron chi connectivity index (χ2n) is 8.15. The van der Waals surface area contributed by atoms with Gasteiger partial charge in [-0.3, -0.25) is 19.0 Å². The number of carbonyl (C=O) groups is 2. The van der Waals surface area contributed by atoms with Crippen molar-refractivity contribution >= 4 is 33.2 Å². The van der Waals surface area contributed by atoms with Gasteiger partial charge in [0.1, 0.15) is 11.2 Å². The first-order chi connectivity index (χ1) is 14.2. The largest absolute Gasteiger partial charge is 0.354 e. The minimum absolute atomic E-state index is 0.130. The molecule has 0 fully saturated rings. The van der Waals surface area contributed by atoms with E-state index in [9.17, 15) is 19.2 Å². The van der Waals surface area contributed by atoms with Crippen LogP contribution < -0.4 is 16.6 Å². The van der Waals surface area contributed by atoms with Gasteiger partial charge in [0, 0.05) is 12.0 Å². The predicted octanol–water partition coefficient (Wildman–Crippen LogP) is 2.20. The number of benzene rings is 1. The van der Waals surface area contributed by atoms with Gasteiger partial charge in [-0.25, -0.2) is 9.36 Å². The Morgan fingerprint density at radius 3 is 2.37 bits per heavy atom. The standard InChI is InChI=1S/C22H25N3O4S/c1-22(2,3)17(26)13-24-16-10-12-30-19(16)20(28)25(21(24)29)14-18(27)23-11-9-15-7-5-4-6-8-15/h4-8,10,12H,9,11,13-14H2,1-3H3,(H,23,27). The number of amides is 1. The number of thiophene rings is 1. The minimum atomic E-state index is -0.651. The van der Waals surface area contributed by atoms with E-state index >= 15 is 0 Å². The van der Waals surface area contributed by atoms with Crippen molar-refractivity contribution in [1.82, 2.24) is 14.5 Å². The van der Waals surface area contributed by atoms with Gasteiger partial charge in [-0.05, 0) is 23.4 Å². The fourth-order valence-corrected chi connectivity index (χ4v) is 3.84. The smallest absolute Gasteiger partial charge is 0.332 e. The summed E-state index contributed by atoms with van der Waals surface area (Å²) in [6.07, 6.45) is 0.649. The number of aromatic nitrogens is 2. The molecular weight excluding hydrogens is 402 g/mol. The van der Waals surface area contributed by atoms with Gasteiger partial charge in [0.2, 0.25) is 5.91 Å². The molecule has 158 valence electrons. The quantitative estimate of drug-likeness (QED) is 0.626. The van der Waals surface area contributed by atoms with Gasteiger partial charge in [0.15, 0.2) is 5.78 Å². The molecule has 0 saturated heterocycles. The molecule has 3 aromatic rings. The van der Waals surface area contributed by atoms with Crippen molar-refractivity contribution in [2.24, 2.45) is 5.41 Å². The van der Waals surface area contributed by atoms with Crippen LogP contribution in [0.3, 0.4) is 0 Å². The fraction of sp³-hybridized carbons (Fsp3) is 0.364. The van der Waals surface area contributed by atoms with Crippen molar-refractivity contribution in [3.63, 3.8) is 0 Å². The van der Waals surface area contributed by atoms with Crippen LogP contribution in [-0.4, -0.2) is 27.4 Å². The average molecular weight is 428 g/mol. The van der Waals surface area contributed by atoms with Gasteiger partial charge >= 0.3 is 5.69 Å². The van der Waals surface area contributed by atoms with Crippen LogP contribution in [0, 0.1) is 5.41 Å². The van der Waals surface area contributed by atoms with E-state index in [-0.39, 0.29) is 18.9 Å². The Balaban J connectivity index is 1.83.